The van der Waals surface area contributed by atoms with E-state index in [1.165, 1.54) is 5.56 Å². The zero-order valence-electron chi connectivity index (χ0n) is 12.5. The van der Waals surface area contributed by atoms with E-state index in [0.29, 0.717) is 0 Å². The van der Waals surface area contributed by atoms with Crippen LogP contribution in [0.2, 0.25) is 0 Å². The van der Waals surface area contributed by atoms with Crippen molar-refractivity contribution < 1.29 is 14.3 Å². The van der Waals surface area contributed by atoms with Crippen molar-refractivity contribution >= 4 is 17.5 Å². The molecule has 0 spiro atoms. The molecule has 0 aromatic heterocycles. The van der Waals surface area contributed by atoms with Gasteiger partial charge in [-0.3, -0.25) is 9.69 Å². The number of hydrogen-bond acceptors (Lipinski definition) is 4. The Kier molecular flexibility index (Phi) is 5.70. The van der Waals surface area contributed by atoms with E-state index < -0.39 is 0 Å². The third-order valence-electron chi connectivity index (χ3n) is 3.69. The quantitative estimate of drug-likeness (QED) is 0.774. The van der Waals surface area contributed by atoms with Crippen LogP contribution in [0, 0.1) is 0 Å². The molecule has 2 rings (SSSR count). The summed E-state index contributed by atoms with van der Waals surface area (Å²) in [6.07, 6.45) is 0. The second-order valence-corrected chi connectivity index (χ2v) is 5.25. The van der Waals surface area contributed by atoms with Crippen LogP contribution in [0.1, 0.15) is 5.56 Å². The van der Waals surface area contributed by atoms with Crippen LogP contribution in [0.25, 0.3) is 0 Å². The Balaban J connectivity index is 1.93. The van der Waals surface area contributed by atoms with Crippen LogP contribution in [0.5, 0.6) is 11.5 Å². The molecular formula is C15H21ClN2O3. The normalized spacial score (nSPS) is 15.9. The number of rotatable bonds is 5. The number of amides is 1. The maximum atomic E-state index is 11.5. The molecule has 1 saturated heterocycles. The zero-order valence-corrected chi connectivity index (χ0v) is 13.2. The largest absolute Gasteiger partial charge is 0.493 e. The number of piperazine rings is 1. The third-order valence-corrected chi connectivity index (χ3v) is 3.92. The highest BCUT2D eigenvalue weighted by atomic mass is 35.5. The fraction of sp³-hybridized carbons (Fsp3) is 0.533. The number of carbonyl (C=O) groups is 1. The Morgan fingerprint density at radius 1 is 1.14 bits per heavy atom. The lowest BCUT2D eigenvalue weighted by Crippen LogP contribution is -2.48. The molecule has 0 unspecified atom stereocenters. The summed E-state index contributed by atoms with van der Waals surface area (Å²) in [5, 5.41) is 0. The average molecular weight is 313 g/mol. The highest BCUT2D eigenvalue weighted by Gasteiger charge is 2.20. The molecule has 1 fully saturated rings. The van der Waals surface area contributed by atoms with Gasteiger partial charge in [0.15, 0.2) is 11.5 Å². The van der Waals surface area contributed by atoms with Crippen molar-refractivity contribution in [3.63, 3.8) is 0 Å². The number of ether oxygens (including phenoxy) is 2. The third kappa shape index (κ3) is 4.02. The lowest BCUT2D eigenvalue weighted by atomic mass is 10.1. The predicted molar refractivity (Wildman–Crippen MR) is 82.1 cm³/mol. The number of hydrogen-bond donors (Lipinski definition) is 0. The lowest BCUT2D eigenvalue weighted by molar-refractivity contribution is -0.130. The van der Waals surface area contributed by atoms with Crippen LogP contribution in [-0.4, -0.2) is 62.0 Å². The Morgan fingerprint density at radius 3 is 2.38 bits per heavy atom. The highest BCUT2D eigenvalue weighted by Crippen LogP contribution is 2.28. The Hall–Kier alpha value is -1.46. The summed E-state index contributed by atoms with van der Waals surface area (Å²) in [5.74, 6) is 1.56. The number of nitrogens with zero attached hydrogens (tertiary/aromatic N) is 2. The first kappa shape index (κ1) is 15.9. The first-order valence-electron chi connectivity index (χ1n) is 6.95. The standard InChI is InChI=1S/C15H21ClN2O3/c1-20-13-4-3-12(9-14(13)21-2)11-17-5-7-18(8-6-17)15(19)10-16/h3-4,9H,5-8,10-11H2,1-2H3. The molecule has 0 N–H and O–H groups in total. The van der Waals surface area contributed by atoms with E-state index >= 15 is 0 Å². The van der Waals surface area contributed by atoms with Crippen LogP contribution < -0.4 is 9.47 Å². The minimum atomic E-state index is 0.0161. The van der Waals surface area contributed by atoms with Crippen LogP contribution in [-0.2, 0) is 11.3 Å². The summed E-state index contributed by atoms with van der Waals surface area (Å²) in [4.78, 5) is 15.7. The van der Waals surface area contributed by atoms with Crippen LogP contribution in [0.3, 0.4) is 0 Å². The molecule has 6 heteroatoms. The Labute approximate surface area is 130 Å². The highest BCUT2D eigenvalue weighted by molar-refractivity contribution is 6.27. The zero-order chi connectivity index (χ0) is 15.2. The molecule has 1 heterocycles. The number of carbonyl (C=O) groups excluding carboxylic acids is 1. The summed E-state index contributed by atoms with van der Waals surface area (Å²) >= 11 is 5.58. The van der Waals surface area contributed by atoms with Crippen molar-refractivity contribution in [1.29, 1.82) is 0 Å². The molecule has 116 valence electrons. The first-order valence-corrected chi connectivity index (χ1v) is 7.48. The van der Waals surface area contributed by atoms with E-state index in [1.807, 2.05) is 23.1 Å². The maximum absolute atomic E-state index is 11.5. The fourth-order valence-electron chi connectivity index (χ4n) is 2.48. The van der Waals surface area contributed by atoms with Gasteiger partial charge < -0.3 is 14.4 Å². The molecule has 0 bridgehead atoms. The SMILES string of the molecule is COc1ccc(CN2CCN(C(=O)CCl)CC2)cc1OC. The number of methoxy groups -OCH3 is 2. The monoisotopic (exact) mass is 312 g/mol. The van der Waals surface area contributed by atoms with Crippen LogP contribution in [0.15, 0.2) is 18.2 Å². The fourth-order valence-corrected chi connectivity index (χ4v) is 2.65. The summed E-state index contributed by atoms with van der Waals surface area (Å²) in [6, 6.07) is 5.95. The van der Waals surface area contributed by atoms with Crippen molar-refractivity contribution in [2.75, 3.05) is 46.3 Å². The average Bonchev–Trinajstić information content (AvgIpc) is 2.54. The van der Waals surface area contributed by atoms with Gasteiger partial charge in [0.25, 0.3) is 0 Å². The number of halogens is 1. The van der Waals surface area contributed by atoms with Gasteiger partial charge in [0.2, 0.25) is 5.91 Å². The van der Waals surface area contributed by atoms with Gasteiger partial charge in [-0.15, -0.1) is 11.6 Å². The topological polar surface area (TPSA) is 42.0 Å². The molecule has 1 aromatic rings. The first-order chi connectivity index (χ1) is 10.2. The molecule has 0 aliphatic carbocycles. The van der Waals surface area contributed by atoms with Gasteiger partial charge in [-0.1, -0.05) is 6.07 Å². The summed E-state index contributed by atoms with van der Waals surface area (Å²) in [7, 11) is 3.27. The van der Waals surface area contributed by atoms with Crippen molar-refractivity contribution in [3.8, 4) is 11.5 Å². The van der Waals surface area contributed by atoms with Crippen LogP contribution in [0.4, 0.5) is 0 Å². The van der Waals surface area contributed by atoms with Crippen molar-refractivity contribution in [2.24, 2.45) is 0 Å². The van der Waals surface area contributed by atoms with E-state index in [-0.39, 0.29) is 11.8 Å². The van der Waals surface area contributed by atoms with E-state index in [2.05, 4.69) is 4.90 Å². The summed E-state index contributed by atoms with van der Waals surface area (Å²) in [6.45, 7) is 4.02. The maximum Gasteiger partial charge on any atom is 0.237 e. The van der Waals surface area contributed by atoms with E-state index in [1.54, 1.807) is 14.2 Å². The van der Waals surface area contributed by atoms with Crippen molar-refractivity contribution in [3.05, 3.63) is 23.8 Å². The van der Waals surface area contributed by atoms with E-state index in [4.69, 9.17) is 21.1 Å². The van der Waals surface area contributed by atoms with Gasteiger partial charge >= 0.3 is 0 Å². The minimum absolute atomic E-state index is 0.0161. The van der Waals surface area contributed by atoms with Gasteiger partial charge in [-0.2, -0.15) is 0 Å². The van der Waals surface area contributed by atoms with Gasteiger partial charge in [0, 0.05) is 32.7 Å². The van der Waals surface area contributed by atoms with E-state index in [9.17, 15) is 4.79 Å². The lowest BCUT2D eigenvalue weighted by Gasteiger charge is -2.34. The molecule has 5 nitrogen and oxygen atoms in total. The Bertz CT molecular complexity index is 488. The van der Waals surface area contributed by atoms with Crippen molar-refractivity contribution in [2.45, 2.75) is 6.54 Å². The molecule has 1 aliphatic rings. The molecule has 0 saturated carbocycles. The second-order valence-electron chi connectivity index (χ2n) is 4.98. The van der Waals surface area contributed by atoms with Gasteiger partial charge in [-0.25, -0.2) is 0 Å². The molecule has 1 aromatic carbocycles. The molecular weight excluding hydrogens is 292 g/mol. The Morgan fingerprint density at radius 2 is 1.81 bits per heavy atom. The van der Waals surface area contributed by atoms with Gasteiger partial charge in [0.05, 0.1) is 14.2 Å². The van der Waals surface area contributed by atoms with E-state index in [0.717, 1.165) is 44.2 Å². The molecule has 21 heavy (non-hydrogen) atoms. The number of alkyl halides is 1. The summed E-state index contributed by atoms with van der Waals surface area (Å²) in [5.41, 5.74) is 1.17. The van der Waals surface area contributed by atoms with Gasteiger partial charge in [-0.05, 0) is 17.7 Å². The molecule has 1 amide bonds. The minimum Gasteiger partial charge on any atom is -0.493 e. The molecule has 1 aliphatic heterocycles. The van der Waals surface area contributed by atoms with Crippen LogP contribution >= 0.6 is 11.6 Å². The molecule has 0 atom stereocenters. The number of benzene rings is 1. The van der Waals surface area contributed by atoms with Crippen molar-refractivity contribution in [1.82, 2.24) is 9.80 Å². The second kappa shape index (κ2) is 7.52. The predicted octanol–water partition coefficient (Wildman–Crippen LogP) is 1.59. The summed E-state index contributed by atoms with van der Waals surface area (Å²) < 4.78 is 10.6. The smallest absolute Gasteiger partial charge is 0.237 e. The molecule has 0 radical (unpaired) electrons. The van der Waals surface area contributed by atoms with Gasteiger partial charge in [0.1, 0.15) is 5.88 Å².